The lowest BCUT2D eigenvalue weighted by Gasteiger charge is -2.25. The number of hydrogen-bond acceptors (Lipinski definition) is 5. The van der Waals surface area contributed by atoms with Crippen LogP contribution in [0.2, 0.25) is 0 Å². The molecule has 5 heteroatoms. The fourth-order valence-corrected chi connectivity index (χ4v) is 4.30. The van der Waals surface area contributed by atoms with Crippen LogP contribution < -0.4 is 0 Å². The molecule has 2 aliphatic carbocycles. The van der Waals surface area contributed by atoms with Crippen LogP contribution in [0.4, 0.5) is 0 Å². The molecule has 2 saturated carbocycles. The SMILES string of the molecule is CC(OCC1CCC2(C)OC2C1)OC(=O)C1CCC2(C)OC2C1. The zero-order valence-electron chi connectivity index (χ0n) is 14.4. The van der Waals surface area contributed by atoms with Crippen LogP contribution in [0.5, 0.6) is 0 Å². The Labute approximate surface area is 138 Å². The van der Waals surface area contributed by atoms with Gasteiger partial charge < -0.3 is 18.9 Å². The van der Waals surface area contributed by atoms with E-state index in [1.54, 1.807) is 0 Å². The molecule has 0 spiro atoms. The monoisotopic (exact) mass is 324 g/mol. The normalized spacial score (nSPS) is 48.8. The number of ether oxygens (including phenoxy) is 4. The van der Waals surface area contributed by atoms with E-state index < -0.39 is 6.29 Å². The van der Waals surface area contributed by atoms with Crippen molar-refractivity contribution in [1.82, 2.24) is 0 Å². The minimum atomic E-state index is -0.468. The van der Waals surface area contributed by atoms with Crippen molar-refractivity contribution in [2.75, 3.05) is 6.61 Å². The molecule has 0 aromatic heterocycles. The minimum absolute atomic E-state index is 0.0307. The van der Waals surface area contributed by atoms with Gasteiger partial charge in [0.25, 0.3) is 0 Å². The van der Waals surface area contributed by atoms with Crippen LogP contribution in [0.3, 0.4) is 0 Å². The van der Waals surface area contributed by atoms with Gasteiger partial charge in [0.1, 0.15) is 0 Å². The third-order valence-corrected chi connectivity index (χ3v) is 6.34. The molecule has 0 aromatic rings. The van der Waals surface area contributed by atoms with Crippen molar-refractivity contribution >= 4 is 5.97 Å². The molecule has 2 aliphatic heterocycles. The molecule has 2 heterocycles. The number of fused-ring (bicyclic) bond motifs is 2. The second kappa shape index (κ2) is 5.43. The van der Waals surface area contributed by atoms with Crippen LogP contribution in [-0.4, -0.2) is 42.3 Å². The van der Waals surface area contributed by atoms with Gasteiger partial charge in [-0.2, -0.15) is 0 Å². The van der Waals surface area contributed by atoms with Crippen molar-refractivity contribution in [3.05, 3.63) is 0 Å². The number of epoxide rings is 2. The third kappa shape index (κ3) is 3.15. The quantitative estimate of drug-likeness (QED) is 0.442. The average molecular weight is 324 g/mol. The Balaban J connectivity index is 1.17. The first kappa shape index (κ1) is 15.9. The van der Waals surface area contributed by atoms with E-state index >= 15 is 0 Å². The first-order valence-electron chi connectivity index (χ1n) is 9.06. The van der Waals surface area contributed by atoms with Gasteiger partial charge in [0, 0.05) is 0 Å². The third-order valence-electron chi connectivity index (χ3n) is 6.34. The molecular formula is C18H28O5. The Bertz CT molecular complexity index is 494. The van der Waals surface area contributed by atoms with Gasteiger partial charge in [0.15, 0.2) is 6.29 Å². The first-order valence-corrected chi connectivity index (χ1v) is 9.06. The van der Waals surface area contributed by atoms with Gasteiger partial charge in [-0.1, -0.05) is 0 Å². The summed E-state index contributed by atoms with van der Waals surface area (Å²) >= 11 is 0. The highest BCUT2D eigenvalue weighted by atomic mass is 16.7. The molecule has 0 aromatic carbocycles. The van der Waals surface area contributed by atoms with Gasteiger partial charge in [-0.25, -0.2) is 0 Å². The Morgan fingerprint density at radius 3 is 2.43 bits per heavy atom. The summed E-state index contributed by atoms with van der Waals surface area (Å²) in [6.07, 6.45) is 6.12. The number of carbonyl (C=O) groups excluding carboxylic acids is 1. The van der Waals surface area contributed by atoms with Crippen LogP contribution in [-0.2, 0) is 23.7 Å². The Morgan fingerprint density at radius 1 is 1.13 bits per heavy atom. The summed E-state index contributed by atoms with van der Waals surface area (Å²) in [5.74, 6) is 0.362. The van der Waals surface area contributed by atoms with Crippen molar-refractivity contribution in [2.45, 2.75) is 89.0 Å². The zero-order chi connectivity index (χ0) is 16.2. The molecule has 0 bridgehead atoms. The molecule has 2 saturated heterocycles. The van der Waals surface area contributed by atoms with Crippen molar-refractivity contribution in [1.29, 1.82) is 0 Å². The van der Waals surface area contributed by atoms with Gasteiger partial charge in [0.2, 0.25) is 0 Å². The molecule has 4 fully saturated rings. The molecule has 0 radical (unpaired) electrons. The highest BCUT2D eigenvalue weighted by Gasteiger charge is 2.57. The maximum absolute atomic E-state index is 12.3. The predicted molar refractivity (Wildman–Crippen MR) is 82.7 cm³/mol. The second-order valence-corrected chi connectivity index (χ2v) is 8.29. The van der Waals surface area contributed by atoms with Gasteiger partial charge in [-0.05, 0) is 65.2 Å². The lowest BCUT2D eigenvalue weighted by Crippen LogP contribution is -2.31. The summed E-state index contributed by atoms with van der Waals surface area (Å²) in [4.78, 5) is 12.3. The highest BCUT2D eigenvalue weighted by molar-refractivity contribution is 5.73. The minimum Gasteiger partial charge on any atom is -0.436 e. The largest absolute Gasteiger partial charge is 0.436 e. The number of esters is 1. The molecular weight excluding hydrogens is 296 g/mol. The Morgan fingerprint density at radius 2 is 1.78 bits per heavy atom. The lowest BCUT2D eigenvalue weighted by molar-refractivity contribution is -0.183. The number of carbonyl (C=O) groups is 1. The van der Waals surface area contributed by atoms with E-state index in [4.69, 9.17) is 18.9 Å². The van der Waals surface area contributed by atoms with E-state index in [1.165, 1.54) is 0 Å². The first-order chi connectivity index (χ1) is 10.9. The molecule has 23 heavy (non-hydrogen) atoms. The molecule has 130 valence electrons. The van der Waals surface area contributed by atoms with E-state index in [2.05, 4.69) is 13.8 Å². The highest BCUT2D eigenvalue weighted by Crippen LogP contribution is 2.50. The van der Waals surface area contributed by atoms with Crippen LogP contribution in [0.25, 0.3) is 0 Å². The number of rotatable bonds is 5. The summed E-state index contributed by atoms with van der Waals surface area (Å²) in [6, 6.07) is 0. The van der Waals surface area contributed by atoms with Crippen LogP contribution in [0, 0.1) is 11.8 Å². The molecule has 4 aliphatic rings. The molecule has 5 nitrogen and oxygen atoms in total. The molecule has 0 amide bonds. The second-order valence-electron chi connectivity index (χ2n) is 8.29. The zero-order valence-corrected chi connectivity index (χ0v) is 14.4. The fourth-order valence-electron chi connectivity index (χ4n) is 4.30. The Hall–Kier alpha value is -0.650. The summed E-state index contributed by atoms with van der Waals surface area (Å²) in [5.41, 5.74) is 0.189. The topological polar surface area (TPSA) is 60.6 Å². The number of hydrogen-bond donors (Lipinski definition) is 0. The molecule has 4 rings (SSSR count). The van der Waals surface area contributed by atoms with E-state index in [0.29, 0.717) is 18.6 Å². The van der Waals surface area contributed by atoms with Gasteiger partial charge >= 0.3 is 5.97 Å². The predicted octanol–water partition coefficient (Wildman–Crippen LogP) is 2.81. The molecule has 7 atom stereocenters. The maximum Gasteiger partial charge on any atom is 0.311 e. The standard InChI is InChI=1S/C18H28O5/c1-11(20-10-12-4-6-17(2)14(8-12)22-17)21-16(19)13-5-7-18(3)15(9-13)23-18/h11-15H,4-10H2,1-3H3. The Kier molecular flexibility index (Phi) is 3.74. The van der Waals surface area contributed by atoms with E-state index in [9.17, 15) is 4.79 Å². The van der Waals surface area contributed by atoms with E-state index in [1.807, 2.05) is 6.92 Å². The smallest absolute Gasteiger partial charge is 0.311 e. The van der Waals surface area contributed by atoms with Gasteiger partial charge in [-0.3, -0.25) is 4.79 Å². The van der Waals surface area contributed by atoms with Crippen LogP contribution in [0.1, 0.15) is 59.3 Å². The fraction of sp³-hybridized carbons (Fsp3) is 0.944. The lowest BCUT2D eigenvalue weighted by atomic mass is 9.83. The molecule has 7 unspecified atom stereocenters. The van der Waals surface area contributed by atoms with E-state index in [0.717, 1.165) is 38.5 Å². The average Bonchev–Trinajstić information content (AvgIpc) is 3.36. The summed E-state index contributed by atoms with van der Waals surface area (Å²) in [6.45, 7) is 6.79. The van der Waals surface area contributed by atoms with Gasteiger partial charge in [0.05, 0.1) is 35.9 Å². The van der Waals surface area contributed by atoms with Crippen molar-refractivity contribution < 1.29 is 23.7 Å². The molecule has 0 N–H and O–H groups in total. The van der Waals surface area contributed by atoms with Crippen molar-refractivity contribution in [3.63, 3.8) is 0 Å². The maximum atomic E-state index is 12.3. The summed E-state index contributed by atoms with van der Waals surface area (Å²) in [5, 5.41) is 0. The van der Waals surface area contributed by atoms with Crippen molar-refractivity contribution in [3.8, 4) is 0 Å². The van der Waals surface area contributed by atoms with Crippen molar-refractivity contribution in [2.24, 2.45) is 11.8 Å². The summed E-state index contributed by atoms with van der Waals surface area (Å²) < 4.78 is 22.6. The van der Waals surface area contributed by atoms with E-state index in [-0.39, 0.29) is 29.2 Å². The summed E-state index contributed by atoms with van der Waals surface area (Å²) in [7, 11) is 0. The van der Waals surface area contributed by atoms with Gasteiger partial charge in [-0.15, -0.1) is 0 Å². The van der Waals surface area contributed by atoms with Crippen LogP contribution in [0.15, 0.2) is 0 Å². The van der Waals surface area contributed by atoms with Crippen LogP contribution >= 0.6 is 0 Å².